The minimum Gasteiger partial charge on any atom is -0.274 e. The number of alkyl halides is 6. The van der Waals surface area contributed by atoms with Gasteiger partial charge in [0, 0.05) is 0 Å². The molecule has 0 aliphatic carbocycles. The Morgan fingerprint density at radius 3 is 2.14 bits per heavy atom. The van der Waals surface area contributed by atoms with Gasteiger partial charge in [0.05, 0.1) is 11.3 Å². The molecule has 1 aromatic carbocycles. The first kappa shape index (κ1) is 16.3. The van der Waals surface area contributed by atoms with Gasteiger partial charge in [0.1, 0.15) is 0 Å². The molecule has 2 rings (SSSR count). The first-order valence-electron chi connectivity index (χ1n) is 5.43. The van der Waals surface area contributed by atoms with Crippen LogP contribution in [0.3, 0.4) is 0 Å². The van der Waals surface area contributed by atoms with Crippen molar-refractivity contribution in [1.82, 2.24) is 15.0 Å². The van der Waals surface area contributed by atoms with Gasteiger partial charge in [0.2, 0.25) is 0 Å². The molecule has 1 aromatic heterocycles. The van der Waals surface area contributed by atoms with Gasteiger partial charge in [-0.15, -0.1) is 5.10 Å². The number of carbonyl (C=O) groups is 1. The Morgan fingerprint density at radius 2 is 1.64 bits per heavy atom. The van der Waals surface area contributed by atoms with Crippen molar-refractivity contribution in [2.24, 2.45) is 0 Å². The van der Waals surface area contributed by atoms with E-state index >= 15 is 0 Å². The summed E-state index contributed by atoms with van der Waals surface area (Å²) in [6.07, 6.45) is -10.1. The minimum absolute atomic E-state index is 0.0988. The number of aromatic nitrogens is 3. The highest BCUT2D eigenvalue weighted by molar-refractivity contribution is 6.67. The lowest BCUT2D eigenvalue weighted by atomic mass is 10.1. The van der Waals surface area contributed by atoms with E-state index in [0.717, 1.165) is 18.2 Å². The molecule has 0 amide bonds. The summed E-state index contributed by atoms with van der Waals surface area (Å²) in [6.45, 7) is 0. The lowest BCUT2D eigenvalue weighted by Crippen LogP contribution is -2.19. The van der Waals surface area contributed by atoms with Crippen LogP contribution in [-0.2, 0) is 12.4 Å². The van der Waals surface area contributed by atoms with E-state index in [1.165, 1.54) is 0 Å². The third kappa shape index (κ3) is 2.91. The summed E-state index contributed by atoms with van der Waals surface area (Å²) in [5, 5.41) is 4.33. The number of carbonyl (C=O) groups excluding carboxylic acids is 1. The second-order valence-electron chi connectivity index (χ2n) is 3.98. The van der Waals surface area contributed by atoms with Crippen LogP contribution in [0.2, 0.25) is 0 Å². The number of rotatable bonds is 2. The largest absolute Gasteiger partial charge is 0.435 e. The molecule has 0 fully saturated rings. The maximum atomic E-state index is 13.0. The van der Waals surface area contributed by atoms with Crippen molar-refractivity contribution >= 4 is 16.8 Å². The molecule has 2 aromatic rings. The van der Waals surface area contributed by atoms with Gasteiger partial charge in [-0.25, -0.2) is 4.68 Å². The molecule has 0 aliphatic heterocycles. The number of para-hydroxylation sites is 1. The van der Waals surface area contributed by atoms with Crippen molar-refractivity contribution < 1.29 is 31.1 Å². The summed E-state index contributed by atoms with van der Waals surface area (Å²) in [6, 6.07) is 3.45. The maximum absolute atomic E-state index is 13.0. The minimum atomic E-state index is -5.18. The van der Waals surface area contributed by atoms with Crippen molar-refractivity contribution in [3.8, 4) is 5.69 Å². The maximum Gasteiger partial charge on any atom is 0.435 e. The Balaban J connectivity index is 2.78. The van der Waals surface area contributed by atoms with E-state index in [0.29, 0.717) is 6.07 Å². The summed E-state index contributed by atoms with van der Waals surface area (Å²) in [4.78, 5) is 11.0. The predicted molar refractivity (Wildman–Crippen MR) is 61.5 cm³/mol. The standard InChI is InChI=1S/C11H4ClF6N3O/c12-9(22)7-8(11(16,17)18)21(20-19-7)6-4-2-1-3-5(6)10(13,14)15/h1-4H. The molecule has 1 heterocycles. The van der Waals surface area contributed by atoms with Crippen LogP contribution in [0.5, 0.6) is 0 Å². The molecule has 0 saturated heterocycles. The van der Waals surface area contributed by atoms with Crippen LogP contribution >= 0.6 is 11.6 Å². The molecule has 0 radical (unpaired) electrons. The first-order chi connectivity index (χ1) is 10.0. The van der Waals surface area contributed by atoms with E-state index in [2.05, 4.69) is 10.3 Å². The Bertz CT molecular complexity index is 721. The molecule has 11 heteroatoms. The monoisotopic (exact) mass is 343 g/mol. The molecule has 0 spiro atoms. The van der Waals surface area contributed by atoms with E-state index < -0.39 is 40.2 Å². The summed E-state index contributed by atoms with van der Waals surface area (Å²) in [5.41, 5.74) is -5.33. The zero-order valence-electron chi connectivity index (χ0n) is 10.2. The lowest BCUT2D eigenvalue weighted by Gasteiger charge is -2.15. The predicted octanol–water partition coefficient (Wildman–Crippen LogP) is 3.68. The normalized spacial score (nSPS) is 12.5. The second-order valence-corrected chi connectivity index (χ2v) is 4.33. The quantitative estimate of drug-likeness (QED) is 0.617. The number of hydrogen-bond acceptors (Lipinski definition) is 3. The van der Waals surface area contributed by atoms with Gasteiger partial charge in [-0.2, -0.15) is 26.3 Å². The highest BCUT2D eigenvalue weighted by atomic mass is 35.5. The van der Waals surface area contributed by atoms with Crippen LogP contribution in [-0.4, -0.2) is 20.2 Å². The fourth-order valence-electron chi connectivity index (χ4n) is 1.74. The number of benzene rings is 1. The number of halogens is 7. The average Bonchev–Trinajstić information content (AvgIpc) is 2.82. The van der Waals surface area contributed by atoms with Crippen LogP contribution in [0.15, 0.2) is 24.3 Å². The fraction of sp³-hybridized carbons (Fsp3) is 0.182. The Hall–Kier alpha value is -2.10. The van der Waals surface area contributed by atoms with Crippen molar-refractivity contribution in [3.63, 3.8) is 0 Å². The molecule has 0 bridgehead atoms. The summed E-state index contributed by atoms with van der Waals surface area (Å²) >= 11 is 4.97. The van der Waals surface area contributed by atoms with Gasteiger partial charge in [0.15, 0.2) is 11.4 Å². The molecule has 0 atom stereocenters. The molecule has 118 valence electrons. The molecule has 4 nitrogen and oxygen atoms in total. The number of hydrogen-bond donors (Lipinski definition) is 0. The highest BCUT2D eigenvalue weighted by Crippen LogP contribution is 2.37. The third-order valence-electron chi connectivity index (χ3n) is 2.56. The first-order valence-corrected chi connectivity index (χ1v) is 5.80. The SMILES string of the molecule is O=C(Cl)c1nnn(-c2ccccc2C(F)(F)F)c1C(F)(F)F. The van der Waals surface area contributed by atoms with E-state index in [-0.39, 0.29) is 4.68 Å². The Kier molecular flexibility index (Phi) is 3.90. The van der Waals surface area contributed by atoms with Crippen LogP contribution < -0.4 is 0 Å². The zero-order valence-corrected chi connectivity index (χ0v) is 11.0. The summed E-state index contributed by atoms with van der Waals surface area (Å²) < 4.78 is 77.6. The van der Waals surface area contributed by atoms with E-state index in [1.54, 1.807) is 0 Å². The van der Waals surface area contributed by atoms with Crippen molar-refractivity contribution in [1.29, 1.82) is 0 Å². The van der Waals surface area contributed by atoms with E-state index in [9.17, 15) is 31.1 Å². The fourth-order valence-corrected chi connectivity index (χ4v) is 1.86. The topological polar surface area (TPSA) is 47.8 Å². The second kappa shape index (κ2) is 5.27. The highest BCUT2D eigenvalue weighted by Gasteiger charge is 2.43. The molecular weight excluding hydrogens is 340 g/mol. The Labute approximate surface area is 123 Å². The smallest absolute Gasteiger partial charge is 0.274 e. The van der Waals surface area contributed by atoms with Gasteiger partial charge in [-0.3, -0.25) is 4.79 Å². The van der Waals surface area contributed by atoms with Crippen LogP contribution in [0.1, 0.15) is 21.7 Å². The van der Waals surface area contributed by atoms with E-state index in [4.69, 9.17) is 11.6 Å². The Morgan fingerprint density at radius 1 is 1.05 bits per heavy atom. The molecule has 0 saturated carbocycles. The van der Waals surface area contributed by atoms with Crippen LogP contribution in [0.4, 0.5) is 26.3 Å². The van der Waals surface area contributed by atoms with Crippen LogP contribution in [0.25, 0.3) is 5.69 Å². The van der Waals surface area contributed by atoms with Gasteiger partial charge >= 0.3 is 12.4 Å². The molecule has 0 unspecified atom stereocenters. The third-order valence-corrected chi connectivity index (χ3v) is 2.74. The molecule has 0 N–H and O–H groups in total. The molecular formula is C11H4ClF6N3O. The van der Waals surface area contributed by atoms with Gasteiger partial charge in [0.25, 0.3) is 5.24 Å². The van der Waals surface area contributed by atoms with Gasteiger partial charge in [-0.1, -0.05) is 17.3 Å². The van der Waals surface area contributed by atoms with Gasteiger partial charge < -0.3 is 0 Å². The summed E-state index contributed by atoms with van der Waals surface area (Å²) in [5.74, 6) is 0. The molecule has 0 aliphatic rings. The van der Waals surface area contributed by atoms with E-state index in [1.807, 2.05) is 0 Å². The summed E-state index contributed by atoms with van der Waals surface area (Å²) in [7, 11) is 0. The van der Waals surface area contributed by atoms with Crippen molar-refractivity contribution in [2.75, 3.05) is 0 Å². The zero-order chi connectivity index (χ0) is 16.7. The lowest BCUT2D eigenvalue weighted by molar-refractivity contribution is -0.145. The molecule has 22 heavy (non-hydrogen) atoms. The number of nitrogens with zero attached hydrogens (tertiary/aromatic N) is 3. The van der Waals surface area contributed by atoms with Gasteiger partial charge in [-0.05, 0) is 23.7 Å². The van der Waals surface area contributed by atoms with Crippen molar-refractivity contribution in [3.05, 3.63) is 41.2 Å². The van der Waals surface area contributed by atoms with Crippen LogP contribution in [0, 0.1) is 0 Å². The van der Waals surface area contributed by atoms with Crippen molar-refractivity contribution in [2.45, 2.75) is 12.4 Å². The average molecular weight is 344 g/mol.